The average Bonchev–Trinajstić information content (AvgIpc) is 3.08. The number of carbonyl (C=O) groups excluding carboxylic acids is 1. The maximum Gasteiger partial charge on any atom is 0.246 e. The number of imidazole rings is 1. The minimum atomic E-state index is -0.130. The Morgan fingerprint density at radius 3 is 3.22 bits per heavy atom. The van der Waals surface area contributed by atoms with Crippen LogP contribution < -0.4 is 5.43 Å². The molecule has 0 unspecified atom stereocenters. The van der Waals surface area contributed by atoms with Crippen LogP contribution >= 0.6 is 11.3 Å². The zero-order valence-corrected chi connectivity index (χ0v) is 14.1. The van der Waals surface area contributed by atoms with E-state index in [4.69, 9.17) is 0 Å². The first-order valence-corrected chi connectivity index (χ1v) is 8.85. The lowest BCUT2D eigenvalue weighted by Crippen LogP contribution is -2.48. The molecule has 0 aliphatic heterocycles. The maximum atomic E-state index is 12.0. The second-order valence-electron chi connectivity index (χ2n) is 7.04. The van der Waals surface area contributed by atoms with E-state index in [1.165, 1.54) is 12.0 Å². The van der Waals surface area contributed by atoms with Crippen molar-refractivity contribution in [3.8, 4) is 0 Å². The number of amides is 1. The summed E-state index contributed by atoms with van der Waals surface area (Å²) in [5.41, 5.74) is 5.03. The molecule has 1 N–H and O–H groups in total. The van der Waals surface area contributed by atoms with Crippen LogP contribution in [0.4, 0.5) is 0 Å². The van der Waals surface area contributed by atoms with E-state index in [2.05, 4.69) is 35.4 Å². The number of carbonyl (C=O) groups is 1. The van der Waals surface area contributed by atoms with Gasteiger partial charge in [-0.2, -0.15) is 5.10 Å². The summed E-state index contributed by atoms with van der Waals surface area (Å²) in [7, 11) is 0. The highest BCUT2D eigenvalue weighted by atomic mass is 32.1. The van der Waals surface area contributed by atoms with Crippen LogP contribution in [0.2, 0.25) is 0 Å². The molecular formula is C17H20N4OS. The van der Waals surface area contributed by atoms with Crippen LogP contribution in [0.3, 0.4) is 0 Å². The molecule has 3 aliphatic carbocycles. The molecule has 1 amide bonds. The molecule has 1 saturated carbocycles. The molecule has 2 heterocycles. The van der Waals surface area contributed by atoms with Gasteiger partial charge in [-0.1, -0.05) is 19.9 Å². The average molecular weight is 328 g/mol. The molecule has 5 rings (SSSR count). The monoisotopic (exact) mass is 328 g/mol. The molecular weight excluding hydrogens is 308 g/mol. The van der Waals surface area contributed by atoms with E-state index in [9.17, 15) is 4.79 Å². The molecule has 5 nitrogen and oxygen atoms in total. The van der Waals surface area contributed by atoms with Gasteiger partial charge < -0.3 is 0 Å². The van der Waals surface area contributed by atoms with Crippen LogP contribution in [0.25, 0.3) is 4.96 Å². The number of aromatic nitrogens is 2. The molecule has 1 fully saturated rings. The fourth-order valence-electron chi connectivity index (χ4n) is 3.79. The standard InChI is InChI=1S/C17H20N4OS/c1-17(2)12-4-3-11(14(17)7-12)9-18-20-15(22)8-13-10-21-5-6-23-16(21)19-13/h3,5-6,9-10,12,14H,4,7-8H2,1-2H3,(H,20,22)/b18-9-/t12-,14+/m0/s1. The molecule has 0 spiro atoms. The van der Waals surface area contributed by atoms with Gasteiger partial charge in [0.25, 0.3) is 0 Å². The molecule has 23 heavy (non-hydrogen) atoms. The summed E-state index contributed by atoms with van der Waals surface area (Å²) in [6, 6.07) is 0. The Morgan fingerprint density at radius 2 is 2.48 bits per heavy atom. The lowest BCUT2D eigenvalue weighted by molar-refractivity contribution is -0.120. The summed E-state index contributed by atoms with van der Waals surface area (Å²) in [6.07, 6.45) is 10.6. The minimum Gasteiger partial charge on any atom is -0.297 e. The predicted molar refractivity (Wildman–Crippen MR) is 91.5 cm³/mol. The maximum absolute atomic E-state index is 12.0. The summed E-state index contributed by atoms with van der Waals surface area (Å²) < 4.78 is 1.93. The number of nitrogens with zero attached hydrogens (tertiary/aromatic N) is 3. The second kappa shape index (κ2) is 5.30. The van der Waals surface area contributed by atoms with Crippen molar-refractivity contribution in [3.63, 3.8) is 0 Å². The van der Waals surface area contributed by atoms with Gasteiger partial charge in [-0.15, -0.1) is 11.3 Å². The van der Waals surface area contributed by atoms with E-state index in [-0.39, 0.29) is 12.3 Å². The molecule has 120 valence electrons. The summed E-state index contributed by atoms with van der Waals surface area (Å²) in [4.78, 5) is 17.3. The molecule has 6 heteroatoms. The van der Waals surface area contributed by atoms with Crippen molar-refractivity contribution in [2.75, 3.05) is 0 Å². The zero-order chi connectivity index (χ0) is 16.0. The summed E-state index contributed by atoms with van der Waals surface area (Å²) in [5.74, 6) is 1.27. The molecule has 0 saturated heterocycles. The smallest absolute Gasteiger partial charge is 0.246 e. The number of hydrogen-bond donors (Lipinski definition) is 1. The normalized spacial score (nSPS) is 25.4. The van der Waals surface area contributed by atoms with E-state index >= 15 is 0 Å². The van der Waals surface area contributed by atoms with Crippen LogP contribution in [0.15, 0.2) is 34.5 Å². The van der Waals surface area contributed by atoms with Gasteiger partial charge in [0, 0.05) is 17.8 Å². The fourth-order valence-corrected chi connectivity index (χ4v) is 4.51. The largest absolute Gasteiger partial charge is 0.297 e. The second-order valence-corrected chi connectivity index (χ2v) is 7.91. The number of nitrogens with one attached hydrogen (secondary N) is 1. The Balaban J connectivity index is 1.34. The van der Waals surface area contributed by atoms with Crippen LogP contribution in [0.1, 0.15) is 32.4 Å². The third-order valence-electron chi connectivity index (χ3n) is 5.40. The van der Waals surface area contributed by atoms with Crippen molar-refractivity contribution in [2.24, 2.45) is 22.4 Å². The van der Waals surface area contributed by atoms with Crippen LogP contribution in [-0.4, -0.2) is 21.5 Å². The number of hydrazone groups is 1. The predicted octanol–water partition coefficient (Wildman–Crippen LogP) is 3.03. The third kappa shape index (κ3) is 2.51. The van der Waals surface area contributed by atoms with Gasteiger partial charge >= 0.3 is 0 Å². The molecule has 3 aliphatic rings. The Bertz CT molecular complexity index is 785. The first kappa shape index (κ1) is 14.6. The molecule has 0 radical (unpaired) electrons. The number of fused-ring (bicyclic) bond motifs is 2. The lowest BCUT2D eigenvalue weighted by Gasteiger charge is -2.55. The van der Waals surface area contributed by atoms with Gasteiger partial charge in [0.15, 0.2) is 4.96 Å². The quantitative estimate of drug-likeness (QED) is 0.693. The molecule has 2 aromatic rings. The van der Waals surface area contributed by atoms with Crippen molar-refractivity contribution in [1.29, 1.82) is 0 Å². The Hall–Kier alpha value is -1.95. The number of hydrogen-bond acceptors (Lipinski definition) is 4. The van der Waals surface area contributed by atoms with Crippen molar-refractivity contribution in [2.45, 2.75) is 33.1 Å². The minimum absolute atomic E-state index is 0.130. The highest BCUT2D eigenvalue weighted by Gasteiger charge is 2.50. The van der Waals surface area contributed by atoms with E-state index in [0.29, 0.717) is 11.3 Å². The van der Waals surface area contributed by atoms with Gasteiger partial charge in [0.2, 0.25) is 5.91 Å². The molecule has 2 bridgehead atoms. The topological polar surface area (TPSA) is 58.8 Å². The van der Waals surface area contributed by atoms with Gasteiger partial charge in [-0.05, 0) is 35.7 Å². The fraction of sp³-hybridized carbons (Fsp3) is 0.471. The highest BCUT2D eigenvalue weighted by molar-refractivity contribution is 7.15. The van der Waals surface area contributed by atoms with E-state index in [1.54, 1.807) is 11.3 Å². The van der Waals surface area contributed by atoms with Crippen LogP contribution in [0, 0.1) is 17.3 Å². The van der Waals surface area contributed by atoms with Crippen LogP contribution in [-0.2, 0) is 11.2 Å². The Morgan fingerprint density at radius 1 is 1.61 bits per heavy atom. The van der Waals surface area contributed by atoms with E-state index in [0.717, 1.165) is 23.0 Å². The first-order chi connectivity index (χ1) is 11.0. The number of allylic oxidation sites excluding steroid dienone is 2. The lowest BCUT2D eigenvalue weighted by atomic mass is 9.49. The van der Waals surface area contributed by atoms with E-state index < -0.39 is 0 Å². The Labute approximate surface area is 139 Å². The summed E-state index contributed by atoms with van der Waals surface area (Å²) >= 11 is 1.56. The van der Waals surface area contributed by atoms with Crippen molar-refractivity contribution in [1.82, 2.24) is 14.8 Å². The SMILES string of the molecule is CC1(C)[C@H]2CC=C(/C=N\NC(=O)Cc3cn4ccsc4n3)[C@H]1C2. The van der Waals surface area contributed by atoms with Gasteiger partial charge in [-0.3, -0.25) is 9.20 Å². The van der Waals surface area contributed by atoms with Gasteiger partial charge in [-0.25, -0.2) is 10.4 Å². The van der Waals surface area contributed by atoms with Gasteiger partial charge in [0.1, 0.15) is 0 Å². The summed E-state index contributed by atoms with van der Waals surface area (Å²) in [5, 5.41) is 6.12. The zero-order valence-electron chi connectivity index (χ0n) is 13.3. The van der Waals surface area contributed by atoms with Crippen molar-refractivity contribution in [3.05, 3.63) is 35.1 Å². The summed E-state index contributed by atoms with van der Waals surface area (Å²) in [6.45, 7) is 4.66. The third-order valence-corrected chi connectivity index (χ3v) is 6.17. The number of thiazole rings is 1. The highest BCUT2D eigenvalue weighted by Crippen LogP contribution is 2.58. The number of rotatable bonds is 4. The van der Waals surface area contributed by atoms with Crippen molar-refractivity contribution < 1.29 is 4.79 Å². The van der Waals surface area contributed by atoms with Crippen LogP contribution in [0.5, 0.6) is 0 Å². The molecule has 0 aromatic carbocycles. The molecule has 2 atom stereocenters. The van der Waals surface area contributed by atoms with Crippen molar-refractivity contribution >= 4 is 28.4 Å². The van der Waals surface area contributed by atoms with E-state index in [1.807, 2.05) is 28.4 Å². The molecule has 2 aromatic heterocycles. The first-order valence-electron chi connectivity index (χ1n) is 7.97. The van der Waals surface area contributed by atoms with Gasteiger partial charge in [0.05, 0.1) is 18.3 Å². The Kier molecular flexibility index (Phi) is 3.37.